The van der Waals surface area contributed by atoms with Gasteiger partial charge in [0.05, 0.1) is 13.1 Å². The molecule has 6 nitrogen and oxygen atoms in total. The van der Waals surface area contributed by atoms with E-state index in [1.54, 1.807) is 24.6 Å². The number of guanidine groups is 1. The van der Waals surface area contributed by atoms with Gasteiger partial charge >= 0.3 is 0 Å². The average molecular weight is 406 g/mol. The van der Waals surface area contributed by atoms with Crippen LogP contribution in [0.3, 0.4) is 0 Å². The predicted molar refractivity (Wildman–Crippen MR) is 92.7 cm³/mol. The molecule has 20 heavy (non-hydrogen) atoms. The van der Waals surface area contributed by atoms with Gasteiger partial charge in [0, 0.05) is 37.1 Å². The summed E-state index contributed by atoms with van der Waals surface area (Å²) in [6.45, 7) is 4.33. The molecule has 0 amide bonds. The molecule has 2 N–H and O–H groups in total. The van der Waals surface area contributed by atoms with E-state index in [0.29, 0.717) is 6.54 Å². The zero-order valence-corrected chi connectivity index (χ0v) is 14.7. The normalized spacial score (nSPS) is 11.0. The highest BCUT2D eigenvalue weighted by atomic mass is 127. The van der Waals surface area contributed by atoms with Crippen LogP contribution in [-0.4, -0.2) is 34.3 Å². The minimum atomic E-state index is 0. The monoisotopic (exact) mass is 406 g/mol. The first-order chi connectivity index (χ1) is 9.28. The Morgan fingerprint density at radius 2 is 2.30 bits per heavy atom. The van der Waals surface area contributed by atoms with E-state index in [4.69, 9.17) is 0 Å². The molecular weight excluding hydrogens is 387 g/mol. The van der Waals surface area contributed by atoms with E-state index in [0.717, 1.165) is 24.1 Å². The molecular formula is C12H19IN6S. The minimum absolute atomic E-state index is 0. The molecule has 0 saturated heterocycles. The Labute approximate surface area is 139 Å². The van der Waals surface area contributed by atoms with Crippen LogP contribution >= 0.6 is 35.3 Å². The molecule has 2 aromatic rings. The summed E-state index contributed by atoms with van der Waals surface area (Å²) in [6, 6.07) is 1.91. The average Bonchev–Trinajstić information content (AvgIpc) is 3.05. The molecule has 0 unspecified atom stereocenters. The van der Waals surface area contributed by atoms with Crippen molar-refractivity contribution in [3.8, 4) is 0 Å². The maximum atomic E-state index is 4.30. The van der Waals surface area contributed by atoms with Crippen LogP contribution in [0.15, 0.2) is 29.6 Å². The highest BCUT2D eigenvalue weighted by molar-refractivity contribution is 14.0. The quantitative estimate of drug-likeness (QED) is 0.450. The highest BCUT2D eigenvalue weighted by Crippen LogP contribution is 2.10. The van der Waals surface area contributed by atoms with Crippen molar-refractivity contribution in [1.82, 2.24) is 25.4 Å². The number of nitrogens with zero attached hydrogens (tertiary/aromatic N) is 4. The number of hydrogen-bond acceptors (Lipinski definition) is 4. The number of halogens is 1. The van der Waals surface area contributed by atoms with Crippen molar-refractivity contribution in [3.63, 3.8) is 0 Å². The Bertz CT molecular complexity index is 522. The summed E-state index contributed by atoms with van der Waals surface area (Å²) in [5, 5.41) is 11.7. The van der Waals surface area contributed by atoms with E-state index in [2.05, 4.69) is 32.6 Å². The summed E-state index contributed by atoms with van der Waals surface area (Å²) < 4.78 is 1.88. The SMILES string of the molecule is CN=C(NCCn1cccn1)NCc1ncc(C)s1.I. The molecule has 2 rings (SSSR count). The molecule has 0 aromatic carbocycles. The number of aromatic nitrogens is 3. The molecule has 0 aliphatic rings. The Hall–Kier alpha value is -1.16. The summed E-state index contributed by atoms with van der Waals surface area (Å²) in [5.41, 5.74) is 0. The maximum absolute atomic E-state index is 4.30. The van der Waals surface area contributed by atoms with Crippen LogP contribution in [0.2, 0.25) is 0 Å². The van der Waals surface area contributed by atoms with Crippen LogP contribution in [0.5, 0.6) is 0 Å². The molecule has 2 aromatic heterocycles. The lowest BCUT2D eigenvalue weighted by Gasteiger charge is -2.10. The highest BCUT2D eigenvalue weighted by Gasteiger charge is 2.01. The fourth-order valence-corrected chi connectivity index (χ4v) is 2.31. The first-order valence-corrected chi connectivity index (χ1v) is 6.93. The third-order valence-electron chi connectivity index (χ3n) is 2.49. The Balaban J connectivity index is 0.00000200. The minimum Gasteiger partial charge on any atom is -0.355 e. The van der Waals surface area contributed by atoms with Crippen LogP contribution in [0.1, 0.15) is 9.88 Å². The number of aliphatic imine (C=N–C) groups is 1. The molecule has 0 aliphatic carbocycles. The zero-order valence-electron chi connectivity index (χ0n) is 11.5. The van der Waals surface area contributed by atoms with Crippen LogP contribution < -0.4 is 10.6 Å². The third-order valence-corrected chi connectivity index (χ3v) is 3.41. The van der Waals surface area contributed by atoms with Crippen LogP contribution in [-0.2, 0) is 13.1 Å². The maximum Gasteiger partial charge on any atom is 0.191 e. The zero-order chi connectivity index (χ0) is 13.5. The first kappa shape index (κ1) is 16.9. The van der Waals surface area contributed by atoms with E-state index in [9.17, 15) is 0 Å². The van der Waals surface area contributed by atoms with E-state index >= 15 is 0 Å². The van der Waals surface area contributed by atoms with Gasteiger partial charge in [0.15, 0.2) is 5.96 Å². The van der Waals surface area contributed by atoms with Gasteiger partial charge in [-0.3, -0.25) is 9.67 Å². The lowest BCUT2D eigenvalue weighted by Crippen LogP contribution is -2.38. The third kappa shape index (κ3) is 5.45. The van der Waals surface area contributed by atoms with Gasteiger partial charge in [0.1, 0.15) is 5.01 Å². The number of thiazole rings is 1. The number of nitrogens with one attached hydrogen (secondary N) is 2. The summed E-state index contributed by atoms with van der Waals surface area (Å²) >= 11 is 1.69. The molecule has 0 aliphatic heterocycles. The van der Waals surface area contributed by atoms with E-state index in [1.165, 1.54) is 4.88 Å². The Kier molecular flexibility index (Phi) is 7.52. The van der Waals surface area contributed by atoms with Crippen molar-refractivity contribution in [3.05, 3.63) is 34.5 Å². The Morgan fingerprint density at radius 3 is 2.90 bits per heavy atom. The number of aryl methyl sites for hydroxylation is 1. The molecule has 0 bridgehead atoms. The van der Waals surface area contributed by atoms with Crippen molar-refractivity contribution in [1.29, 1.82) is 0 Å². The smallest absolute Gasteiger partial charge is 0.191 e. The molecule has 0 spiro atoms. The van der Waals surface area contributed by atoms with Gasteiger partial charge in [0.2, 0.25) is 0 Å². The largest absolute Gasteiger partial charge is 0.355 e. The molecule has 0 atom stereocenters. The van der Waals surface area contributed by atoms with E-state index in [-0.39, 0.29) is 24.0 Å². The fourth-order valence-electron chi connectivity index (χ4n) is 1.58. The molecule has 8 heteroatoms. The van der Waals surface area contributed by atoms with Crippen molar-refractivity contribution < 1.29 is 0 Å². The van der Waals surface area contributed by atoms with Gasteiger partial charge in [-0.1, -0.05) is 0 Å². The second-order valence-corrected chi connectivity index (χ2v) is 5.31. The molecule has 0 radical (unpaired) electrons. The first-order valence-electron chi connectivity index (χ1n) is 6.11. The number of rotatable bonds is 5. The van der Waals surface area contributed by atoms with Gasteiger partial charge in [-0.25, -0.2) is 4.98 Å². The number of hydrogen-bond donors (Lipinski definition) is 2. The molecule has 2 heterocycles. The summed E-state index contributed by atoms with van der Waals surface area (Å²) in [6.07, 6.45) is 5.60. The lowest BCUT2D eigenvalue weighted by molar-refractivity contribution is 0.597. The topological polar surface area (TPSA) is 67.1 Å². The van der Waals surface area contributed by atoms with Crippen molar-refractivity contribution >= 4 is 41.3 Å². The molecule has 0 fully saturated rings. The summed E-state index contributed by atoms with van der Waals surface area (Å²) in [4.78, 5) is 9.69. The van der Waals surface area contributed by atoms with Gasteiger partial charge < -0.3 is 10.6 Å². The van der Waals surface area contributed by atoms with Gasteiger partial charge in [0.25, 0.3) is 0 Å². The van der Waals surface area contributed by atoms with Crippen LogP contribution in [0.4, 0.5) is 0 Å². The van der Waals surface area contributed by atoms with Crippen LogP contribution in [0, 0.1) is 6.92 Å². The van der Waals surface area contributed by atoms with Gasteiger partial charge in [-0.2, -0.15) is 5.10 Å². The molecule has 110 valence electrons. The Morgan fingerprint density at radius 1 is 1.45 bits per heavy atom. The fraction of sp³-hybridized carbons (Fsp3) is 0.417. The van der Waals surface area contributed by atoms with Crippen molar-refractivity contribution in [2.24, 2.45) is 4.99 Å². The molecule has 0 saturated carbocycles. The van der Waals surface area contributed by atoms with E-state index < -0.39 is 0 Å². The van der Waals surface area contributed by atoms with Gasteiger partial charge in [-0.15, -0.1) is 35.3 Å². The van der Waals surface area contributed by atoms with E-state index in [1.807, 2.05) is 23.1 Å². The predicted octanol–water partition coefficient (Wildman–Crippen LogP) is 1.63. The standard InChI is InChI=1S/C12H18N6S.HI/c1-10-8-15-11(19-10)9-16-12(13-2)14-5-7-18-6-3-4-17-18;/h3-4,6,8H,5,7,9H2,1-2H3,(H2,13,14,16);1H. The van der Waals surface area contributed by atoms with Crippen LogP contribution in [0.25, 0.3) is 0 Å². The summed E-state index contributed by atoms with van der Waals surface area (Å²) in [5.74, 6) is 0.778. The second kappa shape index (κ2) is 8.90. The second-order valence-electron chi connectivity index (χ2n) is 3.99. The lowest BCUT2D eigenvalue weighted by atomic mass is 10.6. The summed E-state index contributed by atoms with van der Waals surface area (Å²) in [7, 11) is 1.76. The van der Waals surface area contributed by atoms with Crippen molar-refractivity contribution in [2.45, 2.75) is 20.0 Å². The van der Waals surface area contributed by atoms with Gasteiger partial charge in [-0.05, 0) is 13.0 Å². The van der Waals surface area contributed by atoms with Crippen molar-refractivity contribution in [2.75, 3.05) is 13.6 Å².